The first kappa shape index (κ1) is 13.8. The second-order valence-corrected chi connectivity index (χ2v) is 6.17. The first-order valence-corrected chi connectivity index (χ1v) is 7.25. The minimum absolute atomic E-state index is 0.291. The molecule has 0 spiro atoms. The van der Waals surface area contributed by atoms with Gasteiger partial charge >= 0.3 is 0 Å². The fourth-order valence-corrected chi connectivity index (χ4v) is 3.02. The minimum Gasteiger partial charge on any atom is -0.390 e. The monoisotopic (exact) mass is 303 g/mol. The predicted octanol–water partition coefficient (Wildman–Crippen LogP) is 4.11. The molecule has 0 saturated heterocycles. The summed E-state index contributed by atoms with van der Waals surface area (Å²) in [6, 6.07) is 4.86. The molecule has 2 aromatic heterocycles. The Kier molecular flexibility index (Phi) is 3.25. The Morgan fingerprint density at radius 2 is 2.00 bits per heavy atom. The third-order valence-corrected chi connectivity index (χ3v) is 4.52. The summed E-state index contributed by atoms with van der Waals surface area (Å²) < 4.78 is 18.9. The van der Waals surface area contributed by atoms with E-state index in [0.717, 1.165) is 16.0 Å². The number of halogens is 1. The molecular weight excluding hydrogens is 289 g/mol. The second-order valence-electron chi connectivity index (χ2n) is 4.91. The molecule has 0 aliphatic rings. The van der Waals surface area contributed by atoms with Gasteiger partial charge in [-0.1, -0.05) is 17.3 Å². The number of benzene rings is 1. The molecule has 0 aliphatic carbocycles. The lowest BCUT2D eigenvalue weighted by atomic mass is 10.1. The van der Waals surface area contributed by atoms with Crippen LogP contribution in [0.3, 0.4) is 0 Å². The van der Waals surface area contributed by atoms with Gasteiger partial charge in [-0.15, -0.1) is 11.3 Å². The van der Waals surface area contributed by atoms with Crippen LogP contribution in [0.5, 0.6) is 0 Å². The van der Waals surface area contributed by atoms with E-state index in [1.54, 1.807) is 19.1 Å². The Morgan fingerprint density at radius 3 is 2.62 bits per heavy atom. The van der Waals surface area contributed by atoms with Crippen molar-refractivity contribution in [3.8, 4) is 22.8 Å². The molecule has 0 fully saturated rings. The lowest BCUT2D eigenvalue weighted by Gasteiger charge is -1.98. The first-order chi connectivity index (χ1) is 9.97. The molecule has 108 valence electrons. The second kappa shape index (κ2) is 4.96. The Balaban J connectivity index is 2.05. The number of aryl methyl sites for hydroxylation is 2. The number of nitrogens with zero attached hydrogens (tertiary/aromatic N) is 2. The zero-order chi connectivity index (χ0) is 15.1. The van der Waals surface area contributed by atoms with Crippen molar-refractivity contribution in [2.24, 2.45) is 0 Å². The Labute approximate surface area is 125 Å². The van der Waals surface area contributed by atoms with Gasteiger partial charge in [0.2, 0.25) is 5.82 Å². The molecule has 4 nitrogen and oxygen atoms in total. The van der Waals surface area contributed by atoms with Crippen molar-refractivity contribution in [3.63, 3.8) is 0 Å². The van der Waals surface area contributed by atoms with Gasteiger partial charge in [0.25, 0.3) is 5.89 Å². The van der Waals surface area contributed by atoms with E-state index in [2.05, 4.69) is 10.1 Å². The van der Waals surface area contributed by atoms with Gasteiger partial charge in [-0.05, 0) is 38.0 Å². The predicted molar refractivity (Wildman–Crippen MR) is 81.6 cm³/mol. The van der Waals surface area contributed by atoms with E-state index in [4.69, 9.17) is 10.3 Å². The normalized spacial score (nSPS) is 11.0. The Bertz CT molecular complexity index is 822. The number of anilines is 1. The number of aromatic nitrogens is 2. The van der Waals surface area contributed by atoms with Gasteiger partial charge in [-0.25, -0.2) is 4.39 Å². The van der Waals surface area contributed by atoms with Crippen molar-refractivity contribution >= 4 is 16.3 Å². The molecule has 2 heterocycles. The van der Waals surface area contributed by atoms with Crippen LogP contribution in [0.25, 0.3) is 22.8 Å². The van der Waals surface area contributed by atoms with E-state index in [-0.39, 0.29) is 5.82 Å². The van der Waals surface area contributed by atoms with Crippen LogP contribution in [0, 0.1) is 26.6 Å². The van der Waals surface area contributed by atoms with Crippen LogP contribution >= 0.6 is 11.3 Å². The van der Waals surface area contributed by atoms with Crippen LogP contribution in [-0.2, 0) is 0 Å². The summed E-state index contributed by atoms with van der Waals surface area (Å²) in [7, 11) is 0. The van der Waals surface area contributed by atoms with E-state index in [1.165, 1.54) is 17.4 Å². The average Bonchev–Trinajstić information content (AvgIpc) is 2.99. The summed E-state index contributed by atoms with van der Waals surface area (Å²) >= 11 is 1.49. The van der Waals surface area contributed by atoms with Crippen molar-refractivity contribution in [3.05, 3.63) is 40.0 Å². The summed E-state index contributed by atoms with van der Waals surface area (Å²) in [6.07, 6.45) is 0. The van der Waals surface area contributed by atoms with Gasteiger partial charge in [-0.2, -0.15) is 4.98 Å². The average molecular weight is 303 g/mol. The highest BCUT2D eigenvalue weighted by Crippen LogP contribution is 2.37. The zero-order valence-electron chi connectivity index (χ0n) is 11.9. The Hall–Kier alpha value is -2.21. The molecule has 0 amide bonds. The number of hydrogen-bond acceptors (Lipinski definition) is 5. The third kappa shape index (κ3) is 2.31. The molecule has 6 heteroatoms. The molecule has 0 atom stereocenters. The van der Waals surface area contributed by atoms with Gasteiger partial charge in [0.1, 0.15) is 5.82 Å². The van der Waals surface area contributed by atoms with Crippen LogP contribution in [0.15, 0.2) is 22.7 Å². The molecule has 3 rings (SSSR count). The molecule has 0 saturated carbocycles. The highest BCUT2D eigenvalue weighted by Gasteiger charge is 2.19. The highest BCUT2D eigenvalue weighted by molar-refractivity contribution is 7.16. The lowest BCUT2D eigenvalue weighted by Crippen LogP contribution is -1.88. The van der Waals surface area contributed by atoms with Crippen molar-refractivity contribution in [2.45, 2.75) is 20.8 Å². The van der Waals surface area contributed by atoms with E-state index >= 15 is 0 Å². The zero-order valence-corrected chi connectivity index (χ0v) is 12.7. The maximum Gasteiger partial charge on any atom is 0.261 e. The topological polar surface area (TPSA) is 64.9 Å². The third-order valence-electron chi connectivity index (χ3n) is 3.48. The van der Waals surface area contributed by atoms with Crippen LogP contribution in [0.2, 0.25) is 0 Å². The standard InChI is InChI=1S/C15H14FN3OS/c1-7-4-5-10(6-11(7)16)14-18-15(20-19-14)12-8(2)9(3)21-13(12)17/h4-6H,17H2,1-3H3. The van der Waals surface area contributed by atoms with Crippen molar-refractivity contribution in [1.29, 1.82) is 0 Å². The van der Waals surface area contributed by atoms with Crippen LogP contribution in [0.1, 0.15) is 16.0 Å². The van der Waals surface area contributed by atoms with E-state index in [0.29, 0.717) is 27.8 Å². The molecule has 1 aromatic carbocycles. The SMILES string of the molecule is Cc1ccc(-c2noc(-c3c(N)sc(C)c3C)n2)cc1F. The molecule has 0 unspecified atom stereocenters. The molecule has 2 N–H and O–H groups in total. The highest BCUT2D eigenvalue weighted by atomic mass is 32.1. The number of hydrogen-bond donors (Lipinski definition) is 1. The summed E-state index contributed by atoms with van der Waals surface area (Å²) in [5, 5.41) is 4.57. The maximum absolute atomic E-state index is 13.6. The largest absolute Gasteiger partial charge is 0.390 e. The van der Waals surface area contributed by atoms with Crippen LogP contribution in [-0.4, -0.2) is 10.1 Å². The van der Waals surface area contributed by atoms with E-state index < -0.39 is 0 Å². The van der Waals surface area contributed by atoms with Gasteiger partial charge in [-0.3, -0.25) is 0 Å². The number of nitrogens with two attached hydrogens (primary N) is 1. The minimum atomic E-state index is -0.291. The van der Waals surface area contributed by atoms with Crippen LogP contribution in [0.4, 0.5) is 9.39 Å². The smallest absolute Gasteiger partial charge is 0.261 e. The quantitative estimate of drug-likeness (QED) is 0.773. The van der Waals surface area contributed by atoms with Gasteiger partial charge < -0.3 is 10.3 Å². The van der Waals surface area contributed by atoms with Crippen molar-refractivity contribution < 1.29 is 8.91 Å². The fraction of sp³-hybridized carbons (Fsp3) is 0.200. The van der Waals surface area contributed by atoms with Gasteiger partial charge in [0.15, 0.2) is 0 Å². The molecule has 0 aliphatic heterocycles. The summed E-state index contributed by atoms with van der Waals surface area (Å²) in [5.41, 5.74) is 8.95. The Morgan fingerprint density at radius 1 is 1.24 bits per heavy atom. The molecular formula is C15H14FN3OS. The van der Waals surface area contributed by atoms with Crippen LogP contribution < -0.4 is 5.73 Å². The summed E-state index contributed by atoms with van der Waals surface area (Å²) in [6.45, 7) is 5.67. The van der Waals surface area contributed by atoms with Crippen molar-refractivity contribution in [1.82, 2.24) is 10.1 Å². The van der Waals surface area contributed by atoms with Gasteiger partial charge in [0.05, 0.1) is 10.6 Å². The maximum atomic E-state index is 13.6. The summed E-state index contributed by atoms with van der Waals surface area (Å²) in [5.74, 6) is 0.429. The number of nitrogen functional groups attached to an aromatic ring is 1. The molecule has 3 aromatic rings. The summed E-state index contributed by atoms with van der Waals surface area (Å²) in [4.78, 5) is 5.45. The van der Waals surface area contributed by atoms with Gasteiger partial charge in [0, 0.05) is 10.4 Å². The van der Waals surface area contributed by atoms with E-state index in [9.17, 15) is 4.39 Å². The lowest BCUT2D eigenvalue weighted by molar-refractivity contribution is 0.432. The number of thiophene rings is 1. The molecule has 0 bridgehead atoms. The number of rotatable bonds is 2. The van der Waals surface area contributed by atoms with E-state index in [1.807, 2.05) is 13.8 Å². The molecule has 21 heavy (non-hydrogen) atoms. The van der Waals surface area contributed by atoms with Crippen molar-refractivity contribution in [2.75, 3.05) is 5.73 Å². The first-order valence-electron chi connectivity index (χ1n) is 6.43. The fourth-order valence-electron chi connectivity index (χ4n) is 2.09. The molecule has 0 radical (unpaired) electrons.